The van der Waals surface area contributed by atoms with Crippen molar-refractivity contribution < 1.29 is 4.74 Å². The first kappa shape index (κ1) is 10.1. The highest BCUT2D eigenvalue weighted by molar-refractivity contribution is 5.85. The van der Waals surface area contributed by atoms with Gasteiger partial charge in [0.2, 0.25) is 0 Å². The normalized spacial score (nSPS) is 10.9. The first-order chi connectivity index (χ1) is 7.24. The zero-order valence-corrected chi connectivity index (χ0v) is 9.13. The summed E-state index contributed by atoms with van der Waals surface area (Å²) < 4.78 is 5.23. The molecule has 0 spiro atoms. The number of nitrogens with one attached hydrogen (secondary N) is 1. The number of ether oxygens (including phenoxy) is 1. The number of rotatable bonds is 3. The van der Waals surface area contributed by atoms with E-state index in [9.17, 15) is 0 Å². The van der Waals surface area contributed by atoms with E-state index in [1.165, 1.54) is 22.2 Å². The van der Waals surface area contributed by atoms with Crippen molar-refractivity contribution in [2.45, 2.75) is 13.3 Å². The van der Waals surface area contributed by atoms with E-state index in [4.69, 9.17) is 10.5 Å². The summed E-state index contributed by atoms with van der Waals surface area (Å²) in [7, 11) is 1.69. The Balaban J connectivity index is 2.54. The third kappa shape index (κ3) is 1.83. The maximum atomic E-state index is 5.53. The lowest BCUT2D eigenvalue weighted by atomic mass is 10.1. The van der Waals surface area contributed by atoms with Crippen LogP contribution in [0.2, 0.25) is 0 Å². The summed E-state index contributed by atoms with van der Waals surface area (Å²) >= 11 is 0. The number of hydrogen-bond acceptors (Lipinski definition) is 2. The molecule has 3 nitrogen and oxygen atoms in total. The van der Waals surface area contributed by atoms with Crippen molar-refractivity contribution in [1.82, 2.24) is 4.98 Å². The molecule has 0 fully saturated rings. The van der Waals surface area contributed by atoms with E-state index in [2.05, 4.69) is 18.0 Å². The topological polar surface area (TPSA) is 51.0 Å². The van der Waals surface area contributed by atoms with Crippen LogP contribution in [-0.2, 0) is 6.42 Å². The quantitative estimate of drug-likeness (QED) is 0.803. The molecule has 0 aliphatic rings. The van der Waals surface area contributed by atoms with Crippen LogP contribution in [0.25, 0.3) is 10.9 Å². The Morgan fingerprint density at radius 1 is 1.33 bits per heavy atom. The van der Waals surface area contributed by atoms with Crippen molar-refractivity contribution in [2.75, 3.05) is 13.7 Å². The summed E-state index contributed by atoms with van der Waals surface area (Å²) in [6, 6.07) is 6.21. The molecule has 2 rings (SSSR count). The number of fused-ring (bicyclic) bond motifs is 1. The van der Waals surface area contributed by atoms with Crippen LogP contribution in [-0.4, -0.2) is 18.6 Å². The van der Waals surface area contributed by atoms with Crippen LogP contribution in [0.3, 0.4) is 0 Å². The van der Waals surface area contributed by atoms with Gasteiger partial charge in [-0.2, -0.15) is 0 Å². The van der Waals surface area contributed by atoms with Gasteiger partial charge < -0.3 is 15.5 Å². The molecule has 0 unspecified atom stereocenters. The molecule has 15 heavy (non-hydrogen) atoms. The Kier molecular flexibility index (Phi) is 2.64. The summed E-state index contributed by atoms with van der Waals surface area (Å²) in [6.45, 7) is 2.75. The minimum Gasteiger partial charge on any atom is -0.497 e. The van der Waals surface area contributed by atoms with E-state index < -0.39 is 0 Å². The average molecular weight is 204 g/mol. The number of nitrogens with two attached hydrogens (primary N) is 1. The fourth-order valence-electron chi connectivity index (χ4n) is 1.86. The van der Waals surface area contributed by atoms with Crippen LogP contribution in [0.15, 0.2) is 18.2 Å². The molecule has 3 heteroatoms. The molecule has 3 N–H and O–H groups in total. The maximum absolute atomic E-state index is 5.53. The molecule has 0 aliphatic carbocycles. The van der Waals surface area contributed by atoms with Gasteiger partial charge in [0.05, 0.1) is 7.11 Å². The second kappa shape index (κ2) is 3.95. The lowest BCUT2D eigenvalue weighted by Crippen LogP contribution is -2.02. The van der Waals surface area contributed by atoms with Crippen LogP contribution in [0.5, 0.6) is 5.75 Å². The molecule has 80 valence electrons. The lowest BCUT2D eigenvalue weighted by Gasteiger charge is -2.01. The van der Waals surface area contributed by atoms with Crippen molar-refractivity contribution in [2.24, 2.45) is 5.73 Å². The fourth-order valence-corrected chi connectivity index (χ4v) is 1.86. The predicted molar refractivity (Wildman–Crippen MR) is 62.3 cm³/mol. The number of aryl methyl sites for hydroxylation is 1. The number of hydrogen-bond donors (Lipinski definition) is 2. The number of H-pyrrole nitrogens is 1. The molecule has 1 aromatic carbocycles. The van der Waals surface area contributed by atoms with Crippen LogP contribution < -0.4 is 10.5 Å². The fraction of sp³-hybridized carbons (Fsp3) is 0.333. The standard InChI is InChI=1S/C12H16N2O/c1-8-5-11(15-2)7-9-6-10(3-4-13)14-12(8)9/h5-7,14H,3-4,13H2,1-2H3. The Morgan fingerprint density at radius 3 is 2.80 bits per heavy atom. The average Bonchev–Trinajstić information content (AvgIpc) is 2.61. The maximum Gasteiger partial charge on any atom is 0.119 e. The third-order valence-corrected chi connectivity index (χ3v) is 2.60. The smallest absolute Gasteiger partial charge is 0.119 e. The lowest BCUT2D eigenvalue weighted by molar-refractivity contribution is 0.415. The van der Waals surface area contributed by atoms with Crippen LogP contribution in [0.4, 0.5) is 0 Å². The highest BCUT2D eigenvalue weighted by Crippen LogP contribution is 2.25. The molecule has 1 heterocycles. The summed E-state index contributed by atoms with van der Waals surface area (Å²) in [5.74, 6) is 0.901. The molecule has 0 saturated heterocycles. The number of methoxy groups -OCH3 is 1. The van der Waals surface area contributed by atoms with Gasteiger partial charge in [-0.3, -0.25) is 0 Å². The molecule has 2 aromatic rings. The Hall–Kier alpha value is -1.48. The van der Waals surface area contributed by atoms with E-state index in [-0.39, 0.29) is 0 Å². The second-order valence-electron chi connectivity index (χ2n) is 3.74. The molecular weight excluding hydrogens is 188 g/mol. The van der Waals surface area contributed by atoms with E-state index in [0.717, 1.165) is 12.2 Å². The van der Waals surface area contributed by atoms with Gasteiger partial charge in [-0.1, -0.05) is 0 Å². The van der Waals surface area contributed by atoms with Crippen molar-refractivity contribution in [3.8, 4) is 5.75 Å². The van der Waals surface area contributed by atoms with Gasteiger partial charge in [-0.25, -0.2) is 0 Å². The third-order valence-electron chi connectivity index (χ3n) is 2.60. The molecule has 0 bridgehead atoms. The highest BCUT2D eigenvalue weighted by Gasteiger charge is 2.05. The minimum atomic E-state index is 0.670. The summed E-state index contributed by atoms with van der Waals surface area (Å²) in [5.41, 5.74) is 9.10. The Labute approximate surface area is 89.2 Å². The van der Waals surface area contributed by atoms with Crippen LogP contribution >= 0.6 is 0 Å². The molecule has 1 aromatic heterocycles. The first-order valence-electron chi connectivity index (χ1n) is 5.11. The molecule has 0 aliphatic heterocycles. The van der Waals surface area contributed by atoms with Crippen LogP contribution in [0, 0.1) is 6.92 Å². The van der Waals surface area contributed by atoms with Crippen molar-refractivity contribution in [3.63, 3.8) is 0 Å². The van der Waals surface area contributed by atoms with Crippen molar-refractivity contribution >= 4 is 10.9 Å². The molecular formula is C12H16N2O. The van der Waals surface area contributed by atoms with Crippen LogP contribution in [0.1, 0.15) is 11.3 Å². The summed E-state index contributed by atoms with van der Waals surface area (Å²) in [4.78, 5) is 3.38. The van der Waals surface area contributed by atoms with E-state index in [1.54, 1.807) is 7.11 Å². The van der Waals surface area contributed by atoms with Gasteiger partial charge >= 0.3 is 0 Å². The second-order valence-corrected chi connectivity index (χ2v) is 3.74. The summed E-state index contributed by atoms with van der Waals surface area (Å²) in [5, 5.41) is 1.19. The largest absolute Gasteiger partial charge is 0.497 e. The Morgan fingerprint density at radius 2 is 2.13 bits per heavy atom. The summed E-state index contributed by atoms with van der Waals surface area (Å²) in [6.07, 6.45) is 0.885. The SMILES string of the molecule is COc1cc(C)c2[nH]c(CCN)cc2c1. The predicted octanol–water partition coefficient (Wildman–Crippen LogP) is 1.99. The van der Waals surface area contributed by atoms with Gasteiger partial charge in [-0.15, -0.1) is 0 Å². The number of benzene rings is 1. The van der Waals surface area contributed by atoms with Gasteiger partial charge in [0.1, 0.15) is 5.75 Å². The Bertz CT molecular complexity index is 474. The number of aromatic amines is 1. The molecule has 0 atom stereocenters. The first-order valence-corrected chi connectivity index (χ1v) is 5.11. The van der Waals surface area contributed by atoms with E-state index in [1.807, 2.05) is 12.1 Å². The monoisotopic (exact) mass is 204 g/mol. The number of aromatic nitrogens is 1. The molecule has 0 radical (unpaired) electrons. The van der Waals surface area contributed by atoms with E-state index >= 15 is 0 Å². The van der Waals surface area contributed by atoms with Gasteiger partial charge in [-0.05, 0) is 43.7 Å². The van der Waals surface area contributed by atoms with Crippen molar-refractivity contribution in [1.29, 1.82) is 0 Å². The zero-order valence-electron chi connectivity index (χ0n) is 9.13. The van der Waals surface area contributed by atoms with Gasteiger partial charge in [0, 0.05) is 16.6 Å². The highest BCUT2D eigenvalue weighted by atomic mass is 16.5. The molecule has 0 amide bonds. The van der Waals surface area contributed by atoms with Gasteiger partial charge in [0.15, 0.2) is 0 Å². The zero-order chi connectivity index (χ0) is 10.8. The molecule has 0 saturated carbocycles. The van der Waals surface area contributed by atoms with Crippen molar-refractivity contribution in [3.05, 3.63) is 29.5 Å². The minimum absolute atomic E-state index is 0.670. The van der Waals surface area contributed by atoms with Gasteiger partial charge in [0.25, 0.3) is 0 Å². The van der Waals surface area contributed by atoms with E-state index in [0.29, 0.717) is 6.54 Å².